The fraction of sp³-hybridized carbons (Fsp3) is 0.278. The van der Waals surface area contributed by atoms with Crippen LogP contribution in [-0.2, 0) is 11.3 Å². The highest BCUT2D eigenvalue weighted by atomic mass is 16.6. The third-order valence-electron chi connectivity index (χ3n) is 3.78. The molecule has 0 fully saturated rings. The van der Waals surface area contributed by atoms with Crippen LogP contribution in [0.15, 0.2) is 42.5 Å². The summed E-state index contributed by atoms with van der Waals surface area (Å²) in [6, 6.07) is 12.1. The Bertz CT molecular complexity index is 762. The highest BCUT2D eigenvalue weighted by Crippen LogP contribution is 2.25. The normalized spacial score (nSPS) is 10.3. The maximum Gasteiger partial charge on any atom is 0.293 e. The number of rotatable bonds is 8. The van der Waals surface area contributed by atoms with Gasteiger partial charge in [-0.3, -0.25) is 14.9 Å². The van der Waals surface area contributed by atoms with Crippen LogP contribution in [0.25, 0.3) is 0 Å². The third kappa shape index (κ3) is 5.02. The zero-order chi connectivity index (χ0) is 18.2. The van der Waals surface area contributed by atoms with Crippen molar-refractivity contribution in [2.45, 2.75) is 13.5 Å². The fourth-order valence-corrected chi connectivity index (χ4v) is 2.35. The number of carbonyl (C=O) groups is 1. The molecule has 7 nitrogen and oxygen atoms in total. The highest BCUT2D eigenvalue weighted by molar-refractivity contribution is 5.95. The summed E-state index contributed by atoms with van der Waals surface area (Å²) in [6.45, 7) is 3.20. The van der Waals surface area contributed by atoms with Crippen molar-refractivity contribution in [3.63, 3.8) is 0 Å². The standard InChI is InChI=1S/C18H21N3O4/c1-13-5-3-4-6-15(13)12-20-18(22)14-7-8-16(19-9-10-25-2)17(11-14)21(23)24/h3-8,11,19H,9-10,12H2,1-2H3,(H,20,22). The van der Waals surface area contributed by atoms with E-state index in [1.54, 1.807) is 13.2 Å². The number of nitro benzene ring substituents is 1. The SMILES string of the molecule is COCCNc1ccc(C(=O)NCc2ccccc2C)cc1[N+](=O)[O-]. The Labute approximate surface area is 146 Å². The molecule has 0 atom stereocenters. The Balaban J connectivity index is 2.10. The average Bonchev–Trinajstić information content (AvgIpc) is 2.61. The summed E-state index contributed by atoms with van der Waals surface area (Å²) in [6.07, 6.45) is 0. The van der Waals surface area contributed by atoms with Crippen LogP contribution in [0.1, 0.15) is 21.5 Å². The van der Waals surface area contributed by atoms with Crippen LogP contribution < -0.4 is 10.6 Å². The number of aryl methyl sites for hydroxylation is 1. The molecule has 0 radical (unpaired) electrons. The Morgan fingerprint density at radius 2 is 2.00 bits per heavy atom. The zero-order valence-electron chi connectivity index (χ0n) is 14.2. The van der Waals surface area contributed by atoms with Crippen LogP contribution in [0.5, 0.6) is 0 Å². The van der Waals surface area contributed by atoms with Crippen LogP contribution in [0, 0.1) is 17.0 Å². The molecule has 0 heterocycles. The van der Waals surface area contributed by atoms with E-state index in [0.29, 0.717) is 25.4 Å². The molecule has 0 spiro atoms. The van der Waals surface area contributed by atoms with E-state index in [-0.39, 0.29) is 17.2 Å². The average molecular weight is 343 g/mol. The summed E-state index contributed by atoms with van der Waals surface area (Å²) in [5.41, 5.74) is 2.55. The van der Waals surface area contributed by atoms with Gasteiger partial charge in [0.25, 0.3) is 11.6 Å². The van der Waals surface area contributed by atoms with Crippen LogP contribution in [0.4, 0.5) is 11.4 Å². The maximum absolute atomic E-state index is 12.3. The summed E-state index contributed by atoms with van der Waals surface area (Å²) in [7, 11) is 1.55. The number of nitrogens with one attached hydrogen (secondary N) is 2. The number of methoxy groups -OCH3 is 1. The number of hydrogen-bond acceptors (Lipinski definition) is 5. The molecule has 0 saturated carbocycles. The lowest BCUT2D eigenvalue weighted by molar-refractivity contribution is -0.384. The molecule has 0 aliphatic carbocycles. The van der Waals surface area contributed by atoms with Crippen LogP contribution in [0.2, 0.25) is 0 Å². The van der Waals surface area contributed by atoms with Gasteiger partial charge < -0.3 is 15.4 Å². The Hall–Kier alpha value is -2.93. The van der Waals surface area contributed by atoms with E-state index in [1.807, 2.05) is 31.2 Å². The summed E-state index contributed by atoms with van der Waals surface area (Å²) in [5, 5.41) is 17.0. The van der Waals surface area contributed by atoms with Crippen LogP contribution in [-0.4, -0.2) is 31.1 Å². The minimum absolute atomic E-state index is 0.139. The molecule has 2 aromatic rings. The van der Waals surface area contributed by atoms with Crippen molar-refractivity contribution in [2.24, 2.45) is 0 Å². The summed E-state index contributed by atoms with van der Waals surface area (Å²) >= 11 is 0. The van der Waals surface area contributed by atoms with Crippen molar-refractivity contribution in [1.82, 2.24) is 5.32 Å². The summed E-state index contributed by atoms with van der Waals surface area (Å²) in [4.78, 5) is 23.1. The number of ether oxygens (including phenoxy) is 1. The lowest BCUT2D eigenvalue weighted by Gasteiger charge is -2.10. The first kappa shape index (κ1) is 18.4. The second kappa shape index (κ2) is 8.79. The van der Waals surface area contributed by atoms with E-state index < -0.39 is 4.92 Å². The van der Waals surface area contributed by atoms with Crippen molar-refractivity contribution < 1.29 is 14.5 Å². The number of anilines is 1. The number of carbonyl (C=O) groups excluding carboxylic acids is 1. The summed E-state index contributed by atoms with van der Waals surface area (Å²) < 4.78 is 4.91. The lowest BCUT2D eigenvalue weighted by atomic mass is 10.1. The van der Waals surface area contributed by atoms with Gasteiger partial charge in [0.15, 0.2) is 0 Å². The van der Waals surface area contributed by atoms with Gasteiger partial charge in [0, 0.05) is 31.8 Å². The third-order valence-corrected chi connectivity index (χ3v) is 3.78. The van der Waals surface area contributed by atoms with E-state index >= 15 is 0 Å². The smallest absolute Gasteiger partial charge is 0.293 e. The van der Waals surface area contributed by atoms with Crippen molar-refractivity contribution in [3.05, 3.63) is 69.3 Å². The molecule has 0 aromatic heterocycles. The van der Waals surface area contributed by atoms with Gasteiger partial charge in [-0.05, 0) is 30.2 Å². The lowest BCUT2D eigenvalue weighted by Crippen LogP contribution is -2.23. The second-order valence-electron chi connectivity index (χ2n) is 5.52. The number of nitrogens with zero attached hydrogens (tertiary/aromatic N) is 1. The van der Waals surface area contributed by atoms with Crippen LogP contribution >= 0.6 is 0 Å². The van der Waals surface area contributed by atoms with Crippen LogP contribution in [0.3, 0.4) is 0 Å². The Kier molecular flexibility index (Phi) is 6.47. The van der Waals surface area contributed by atoms with Gasteiger partial charge in [0.05, 0.1) is 11.5 Å². The van der Waals surface area contributed by atoms with Gasteiger partial charge in [0.2, 0.25) is 0 Å². The largest absolute Gasteiger partial charge is 0.383 e. The van der Waals surface area contributed by atoms with Gasteiger partial charge in [-0.25, -0.2) is 0 Å². The maximum atomic E-state index is 12.3. The van der Waals surface area contributed by atoms with Gasteiger partial charge in [-0.1, -0.05) is 24.3 Å². The fourth-order valence-electron chi connectivity index (χ4n) is 2.35. The summed E-state index contributed by atoms with van der Waals surface area (Å²) in [5.74, 6) is -0.352. The molecule has 1 amide bonds. The Morgan fingerprint density at radius 3 is 2.68 bits per heavy atom. The number of nitro groups is 1. The van der Waals surface area contributed by atoms with Crippen molar-refractivity contribution in [1.29, 1.82) is 0 Å². The van der Waals surface area contributed by atoms with Gasteiger partial charge in [-0.2, -0.15) is 0 Å². The molecule has 0 aliphatic rings. The molecular weight excluding hydrogens is 322 g/mol. The minimum Gasteiger partial charge on any atom is -0.383 e. The topological polar surface area (TPSA) is 93.5 Å². The quantitative estimate of drug-likeness (QED) is 0.437. The molecule has 0 unspecified atom stereocenters. The van der Waals surface area contributed by atoms with Gasteiger partial charge >= 0.3 is 0 Å². The molecule has 7 heteroatoms. The van der Waals surface area contributed by atoms with E-state index in [4.69, 9.17) is 4.74 Å². The van der Waals surface area contributed by atoms with E-state index in [0.717, 1.165) is 11.1 Å². The monoisotopic (exact) mass is 343 g/mol. The first-order valence-electron chi connectivity index (χ1n) is 7.87. The second-order valence-corrected chi connectivity index (χ2v) is 5.52. The van der Waals surface area contributed by atoms with Crippen molar-refractivity contribution in [3.8, 4) is 0 Å². The van der Waals surface area contributed by atoms with Gasteiger partial charge in [0.1, 0.15) is 5.69 Å². The molecule has 25 heavy (non-hydrogen) atoms. The first-order chi connectivity index (χ1) is 12.0. The van der Waals surface area contributed by atoms with E-state index in [1.165, 1.54) is 12.1 Å². The molecule has 132 valence electrons. The molecule has 0 saturated heterocycles. The zero-order valence-corrected chi connectivity index (χ0v) is 14.2. The highest BCUT2D eigenvalue weighted by Gasteiger charge is 2.17. The predicted octanol–water partition coefficient (Wildman–Crippen LogP) is 2.89. The molecule has 0 bridgehead atoms. The predicted molar refractivity (Wildman–Crippen MR) is 95.8 cm³/mol. The number of hydrogen-bond donors (Lipinski definition) is 2. The van der Waals surface area contributed by atoms with E-state index in [2.05, 4.69) is 10.6 Å². The molecule has 2 rings (SSSR count). The molecule has 0 aliphatic heterocycles. The van der Waals surface area contributed by atoms with E-state index in [9.17, 15) is 14.9 Å². The van der Waals surface area contributed by atoms with Crippen molar-refractivity contribution in [2.75, 3.05) is 25.6 Å². The van der Waals surface area contributed by atoms with Gasteiger partial charge in [-0.15, -0.1) is 0 Å². The van der Waals surface area contributed by atoms with Crippen molar-refractivity contribution >= 4 is 17.3 Å². The number of benzene rings is 2. The minimum atomic E-state index is -0.507. The molecule has 2 N–H and O–H groups in total. The number of amides is 1. The first-order valence-corrected chi connectivity index (χ1v) is 7.87. The Morgan fingerprint density at radius 1 is 1.24 bits per heavy atom. The molecule has 2 aromatic carbocycles. The molecular formula is C18H21N3O4.